The number of aromatic nitrogens is 1. The van der Waals surface area contributed by atoms with Gasteiger partial charge in [0.2, 0.25) is 11.7 Å². The van der Waals surface area contributed by atoms with Crippen molar-refractivity contribution in [3.63, 3.8) is 0 Å². The standard InChI is InChI=1S/C32H29ClFN3O4/c33-24-10-4-6-21(16-24)20-37-29(22-7-2-1-3-8-22)27(38)19-32(31(37)40)12-14-36(15-13-32)30(39)28-18-26(35-41-28)23-9-5-11-25(34)17-23/h1-11,16-18,27,29,38H,12-15,19-20H2/t27-,29+/m1/s1. The third-order valence-electron chi connectivity index (χ3n) is 8.25. The summed E-state index contributed by atoms with van der Waals surface area (Å²) in [6.07, 6.45) is 0.352. The molecule has 2 amide bonds. The summed E-state index contributed by atoms with van der Waals surface area (Å²) in [4.78, 5) is 31.0. The SMILES string of the molecule is O=C(c1cc(-c2cccc(F)c2)no1)N1CCC2(CC1)C[C@@H](O)[C@H](c1ccccc1)N(Cc1cccc(Cl)c1)C2=O. The molecule has 210 valence electrons. The molecule has 3 aromatic carbocycles. The first-order chi connectivity index (χ1) is 19.8. The van der Waals surface area contributed by atoms with E-state index < -0.39 is 23.4 Å². The van der Waals surface area contributed by atoms with Crippen LogP contribution in [0, 0.1) is 11.2 Å². The van der Waals surface area contributed by atoms with E-state index >= 15 is 0 Å². The lowest BCUT2D eigenvalue weighted by Gasteiger charge is -2.51. The van der Waals surface area contributed by atoms with Gasteiger partial charge in [0.05, 0.1) is 17.6 Å². The first-order valence-corrected chi connectivity index (χ1v) is 14.0. The van der Waals surface area contributed by atoms with E-state index in [2.05, 4.69) is 5.16 Å². The van der Waals surface area contributed by atoms with Crippen molar-refractivity contribution < 1.29 is 23.6 Å². The highest BCUT2D eigenvalue weighted by Gasteiger charge is 2.53. The Bertz CT molecular complexity index is 1570. The van der Waals surface area contributed by atoms with E-state index in [0.29, 0.717) is 55.2 Å². The van der Waals surface area contributed by atoms with Crippen molar-refractivity contribution in [3.8, 4) is 11.3 Å². The molecule has 1 N–H and O–H groups in total. The Kier molecular flexibility index (Phi) is 7.36. The van der Waals surface area contributed by atoms with Crippen LogP contribution in [-0.4, -0.2) is 51.1 Å². The minimum absolute atomic E-state index is 0.0308. The summed E-state index contributed by atoms with van der Waals surface area (Å²) in [6, 6.07) is 23.9. The van der Waals surface area contributed by atoms with E-state index in [1.165, 1.54) is 18.2 Å². The number of amides is 2. The fraction of sp³-hybridized carbons (Fsp3) is 0.281. The van der Waals surface area contributed by atoms with E-state index in [1.807, 2.05) is 48.5 Å². The molecule has 7 nitrogen and oxygen atoms in total. The van der Waals surface area contributed by atoms with Crippen LogP contribution in [0.4, 0.5) is 4.39 Å². The van der Waals surface area contributed by atoms with Gasteiger partial charge in [-0.1, -0.05) is 71.4 Å². The van der Waals surface area contributed by atoms with Crippen LogP contribution >= 0.6 is 11.6 Å². The van der Waals surface area contributed by atoms with Crippen LogP contribution < -0.4 is 0 Å². The van der Waals surface area contributed by atoms with Gasteiger partial charge >= 0.3 is 0 Å². The normalized spacial score (nSPS) is 20.4. The zero-order valence-electron chi connectivity index (χ0n) is 22.2. The maximum absolute atomic E-state index is 14.3. The number of aliphatic hydroxyl groups excluding tert-OH is 1. The molecule has 2 aliphatic heterocycles. The topological polar surface area (TPSA) is 86.9 Å². The maximum Gasteiger partial charge on any atom is 0.292 e. The first kappa shape index (κ1) is 27.2. The van der Waals surface area contributed by atoms with Gasteiger partial charge in [0, 0.05) is 36.3 Å². The van der Waals surface area contributed by atoms with Gasteiger partial charge in [-0.15, -0.1) is 0 Å². The molecule has 1 spiro atoms. The molecule has 4 aromatic rings. The number of piperidine rings is 2. The molecule has 3 heterocycles. The quantitative estimate of drug-likeness (QED) is 0.322. The molecule has 0 aliphatic carbocycles. The van der Waals surface area contributed by atoms with Crippen molar-refractivity contribution in [2.75, 3.05) is 13.1 Å². The number of likely N-dealkylation sites (tertiary alicyclic amines) is 2. The van der Waals surface area contributed by atoms with Gasteiger partial charge in [-0.3, -0.25) is 9.59 Å². The molecule has 0 bridgehead atoms. The molecule has 41 heavy (non-hydrogen) atoms. The predicted molar refractivity (Wildman–Crippen MR) is 151 cm³/mol. The van der Waals surface area contributed by atoms with Gasteiger partial charge in [-0.2, -0.15) is 0 Å². The summed E-state index contributed by atoms with van der Waals surface area (Å²) in [5.74, 6) is -0.714. The first-order valence-electron chi connectivity index (χ1n) is 13.6. The van der Waals surface area contributed by atoms with E-state index in [9.17, 15) is 19.1 Å². The molecule has 0 radical (unpaired) electrons. The third-order valence-corrected chi connectivity index (χ3v) is 8.48. The van der Waals surface area contributed by atoms with E-state index in [0.717, 1.165) is 11.1 Å². The Hall–Kier alpha value is -4.01. The molecule has 2 fully saturated rings. The number of aliphatic hydroxyl groups is 1. The summed E-state index contributed by atoms with van der Waals surface area (Å²) in [5, 5.41) is 16.0. The van der Waals surface area contributed by atoms with Crippen molar-refractivity contribution in [1.82, 2.24) is 15.0 Å². The van der Waals surface area contributed by atoms with Gasteiger partial charge in [0.1, 0.15) is 11.5 Å². The molecule has 1 aromatic heterocycles. The zero-order valence-corrected chi connectivity index (χ0v) is 23.0. The lowest BCUT2D eigenvalue weighted by Crippen LogP contribution is -2.58. The number of hydrogen-bond acceptors (Lipinski definition) is 5. The van der Waals surface area contributed by atoms with Crippen molar-refractivity contribution in [3.05, 3.63) is 113 Å². The Balaban J connectivity index is 1.21. The molecule has 2 aliphatic rings. The zero-order chi connectivity index (χ0) is 28.6. The average molecular weight is 574 g/mol. The lowest BCUT2D eigenvalue weighted by atomic mass is 9.68. The number of carbonyl (C=O) groups excluding carboxylic acids is 2. The smallest absolute Gasteiger partial charge is 0.292 e. The second-order valence-corrected chi connectivity index (χ2v) is 11.3. The van der Waals surface area contributed by atoms with Gasteiger partial charge in [0.25, 0.3) is 5.91 Å². The summed E-state index contributed by atoms with van der Waals surface area (Å²) in [6.45, 7) is 0.962. The maximum atomic E-state index is 14.3. The van der Waals surface area contributed by atoms with Crippen LogP contribution in [0.15, 0.2) is 89.5 Å². The van der Waals surface area contributed by atoms with E-state index in [4.69, 9.17) is 16.1 Å². The third kappa shape index (κ3) is 5.37. The average Bonchev–Trinajstić information content (AvgIpc) is 3.47. The van der Waals surface area contributed by atoms with Crippen LogP contribution in [0.3, 0.4) is 0 Å². The van der Waals surface area contributed by atoms with Crippen molar-refractivity contribution >= 4 is 23.4 Å². The molecule has 2 saturated heterocycles. The second-order valence-electron chi connectivity index (χ2n) is 10.8. The van der Waals surface area contributed by atoms with Gasteiger partial charge in [-0.05, 0) is 54.7 Å². The number of carbonyl (C=O) groups is 2. The molecule has 6 rings (SSSR count). The largest absolute Gasteiger partial charge is 0.391 e. The molecule has 9 heteroatoms. The lowest BCUT2D eigenvalue weighted by molar-refractivity contribution is -0.164. The molecule has 2 atom stereocenters. The summed E-state index contributed by atoms with van der Waals surface area (Å²) >= 11 is 6.24. The van der Waals surface area contributed by atoms with Crippen LogP contribution in [0.1, 0.15) is 47.0 Å². The second kappa shape index (κ2) is 11.1. The number of halogens is 2. The summed E-state index contributed by atoms with van der Waals surface area (Å²) in [5.41, 5.74) is 1.84. The highest BCUT2D eigenvalue weighted by Crippen LogP contribution is 2.47. The number of rotatable bonds is 5. The van der Waals surface area contributed by atoms with Crippen molar-refractivity contribution in [2.24, 2.45) is 5.41 Å². The fourth-order valence-corrected chi connectivity index (χ4v) is 6.38. The van der Waals surface area contributed by atoms with E-state index in [1.54, 1.807) is 28.0 Å². The van der Waals surface area contributed by atoms with Crippen molar-refractivity contribution in [2.45, 2.75) is 38.0 Å². The predicted octanol–water partition coefficient (Wildman–Crippen LogP) is 5.89. The highest BCUT2D eigenvalue weighted by atomic mass is 35.5. The molecular formula is C32H29ClFN3O4. The minimum Gasteiger partial charge on any atom is -0.391 e. The van der Waals surface area contributed by atoms with Crippen LogP contribution in [0.25, 0.3) is 11.3 Å². The number of nitrogens with zero attached hydrogens (tertiary/aromatic N) is 3. The molecule has 0 saturated carbocycles. The monoisotopic (exact) mass is 573 g/mol. The Morgan fingerprint density at radius 1 is 1.02 bits per heavy atom. The van der Waals surface area contributed by atoms with Crippen LogP contribution in [-0.2, 0) is 11.3 Å². The number of benzene rings is 3. The van der Waals surface area contributed by atoms with Crippen LogP contribution in [0.2, 0.25) is 5.02 Å². The van der Waals surface area contributed by atoms with Gasteiger partial charge in [0.15, 0.2) is 0 Å². The molecule has 0 unspecified atom stereocenters. The van der Waals surface area contributed by atoms with Gasteiger partial charge in [-0.25, -0.2) is 4.39 Å². The van der Waals surface area contributed by atoms with Crippen LogP contribution in [0.5, 0.6) is 0 Å². The summed E-state index contributed by atoms with van der Waals surface area (Å²) < 4.78 is 19.0. The fourth-order valence-electron chi connectivity index (χ4n) is 6.16. The van der Waals surface area contributed by atoms with Crippen molar-refractivity contribution in [1.29, 1.82) is 0 Å². The Labute approximate surface area is 242 Å². The number of hydrogen-bond donors (Lipinski definition) is 1. The van der Waals surface area contributed by atoms with E-state index in [-0.39, 0.29) is 17.6 Å². The summed E-state index contributed by atoms with van der Waals surface area (Å²) in [7, 11) is 0. The minimum atomic E-state index is -0.797. The Morgan fingerprint density at radius 3 is 2.51 bits per heavy atom. The Morgan fingerprint density at radius 2 is 1.78 bits per heavy atom. The van der Waals surface area contributed by atoms with Gasteiger partial charge < -0.3 is 19.4 Å². The highest BCUT2D eigenvalue weighted by molar-refractivity contribution is 6.30. The molecular weight excluding hydrogens is 545 g/mol.